The summed E-state index contributed by atoms with van der Waals surface area (Å²) >= 11 is 0. The quantitative estimate of drug-likeness (QED) is 0.562. The van der Waals surface area contributed by atoms with Crippen LogP contribution in [0.1, 0.15) is 0 Å². The molecule has 0 saturated carbocycles. The van der Waals surface area contributed by atoms with E-state index in [0.717, 1.165) is 22.2 Å². The van der Waals surface area contributed by atoms with Gasteiger partial charge in [0.05, 0.1) is 17.4 Å². The molecule has 4 rings (SSSR count). The van der Waals surface area contributed by atoms with Crippen LogP contribution in [0.15, 0.2) is 67.0 Å². The molecule has 0 radical (unpaired) electrons. The molecule has 0 aliphatic heterocycles. The van der Waals surface area contributed by atoms with E-state index in [1.807, 2.05) is 36.4 Å². The number of phenols is 1. The summed E-state index contributed by atoms with van der Waals surface area (Å²) in [5.41, 5.74) is 4.32. The average Bonchev–Trinajstić information content (AvgIpc) is 3.02. The van der Waals surface area contributed by atoms with Gasteiger partial charge in [-0.15, -0.1) is 0 Å². The largest absolute Gasteiger partial charge is 0.507 e. The van der Waals surface area contributed by atoms with Crippen molar-refractivity contribution in [2.75, 3.05) is 0 Å². The molecule has 1 heterocycles. The van der Waals surface area contributed by atoms with E-state index in [1.54, 1.807) is 24.5 Å². The van der Waals surface area contributed by atoms with Crippen LogP contribution in [0.4, 0.5) is 4.39 Å². The molecule has 0 bridgehead atoms. The molecule has 1 aromatic heterocycles. The van der Waals surface area contributed by atoms with Crippen molar-refractivity contribution in [2.24, 2.45) is 0 Å². The molecule has 2 N–H and O–H groups in total. The van der Waals surface area contributed by atoms with E-state index >= 15 is 0 Å². The van der Waals surface area contributed by atoms with Gasteiger partial charge in [0.2, 0.25) is 0 Å². The minimum absolute atomic E-state index is 0.226. The van der Waals surface area contributed by atoms with Gasteiger partial charge >= 0.3 is 0 Å². The van der Waals surface area contributed by atoms with E-state index in [2.05, 4.69) is 9.97 Å². The van der Waals surface area contributed by atoms with Gasteiger partial charge in [0.25, 0.3) is 0 Å². The van der Waals surface area contributed by atoms with Gasteiger partial charge in [-0.05, 0) is 23.3 Å². The predicted octanol–water partition coefficient (Wildman–Crippen LogP) is 4.74. The first-order chi connectivity index (χ1) is 11.2. The lowest BCUT2D eigenvalue weighted by Crippen LogP contribution is -1.86. The normalized spacial score (nSPS) is 11.0. The van der Waals surface area contributed by atoms with Crippen LogP contribution in [0.3, 0.4) is 0 Å². The number of hydrogen-bond donors (Lipinski definition) is 2. The fourth-order valence-corrected chi connectivity index (χ4v) is 2.72. The Morgan fingerprint density at radius 3 is 2.30 bits per heavy atom. The Morgan fingerprint density at radius 1 is 0.870 bits per heavy atom. The van der Waals surface area contributed by atoms with E-state index in [-0.39, 0.29) is 11.6 Å². The number of hydrogen-bond acceptors (Lipinski definition) is 2. The Labute approximate surface area is 132 Å². The second-order valence-electron chi connectivity index (χ2n) is 5.35. The van der Waals surface area contributed by atoms with Gasteiger partial charge in [-0.2, -0.15) is 0 Å². The van der Waals surface area contributed by atoms with Crippen molar-refractivity contribution in [3.8, 4) is 28.0 Å². The number of phenolic OH excluding ortho intramolecular Hbond substituents is 1. The molecular formula is C19H13FN2O. The number of aromatic nitrogens is 2. The molecule has 0 aliphatic carbocycles. The van der Waals surface area contributed by atoms with Crippen LogP contribution in [-0.4, -0.2) is 15.1 Å². The minimum atomic E-state index is -0.294. The van der Waals surface area contributed by atoms with Crippen molar-refractivity contribution in [1.29, 1.82) is 0 Å². The summed E-state index contributed by atoms with van der Waals surface area (Å²) in [5, 5.41) is 9.92. The average molecular weight is 304 g/mol. The summed E-state index contributed by atoms with van der Waals surface area (Å²) in [6.07, 6.45) is 1.55. The fraction of sp³-hybridized carbons (Fsp3) is 0. The molecular weight excluding hydrogens is 291 g/mol. The number of aromatic amines is 1. The van der Waals surface area contributed by atoms with Gasteiger partial charge in [0, 0.05) is 17.2 Å². The Kier molecular flexibility index (Phi) is 3.08. The van der Waals surface area contributed by atoms with Crippen molar-refractivity contribution in [2.45, 2.75) is 0 Å². The van der Waals surface area contributed by atoms with E-state index < -0.39 is 0 Å². The SMILES string of the molecule is Oc1ccccc1-c1ccc(-c2cc3nc[nH]c3cc2F)cc1. The molecule has 3 aromatic carbocycles. The second kappa shape index (κ2) is 5.25. The van der Waals surface area contributed by atoms with Gasteiger partial charge in [-0.3, -0.25) is 0 Å². The highest BCUT2D eigenvalue weighted by Gasteiger charge is 2.10. The highest BCUT2D eigenvalue weighted by Crippen LogP contribution is 2.32. The number of H-pyrrole nitrogens is 1. The first-order valence-corrected chi connectivity index (χ1v) is 7.24. The van der Waals surface area contributed by atoms with Crippen LogP contribution in [0.2, 0.25) is 0 Å². The minimum Gasteiger partial charge on any atom is -0.507 e. The number of aromatic hydroxyl groups is 1. The van der Waals surface area contributed by atoms with Gasteiger partial charge in [0.15, 0.2) is 0 Å². The molecule has 23 heavy (non-hydrogen) atoms. The molecule has 0 amide bonds. The Hall–Kier alpha value is -3.14. The van der Waals surface area contributed by atoms with Crippen LogP contribution >= 0.6 is 0 Å². The molecule has 0 atom stereocenters. The monoisotopic (exact) mass is 304 g/mol. The maximum atomic E-state index is 14.3. The number of rotatable bonds is 2. The van der Waals surface area contributed by atoms with Crippen molar-refractivity contribution < 1.29 is 9.50 Å². The third kappa shape index (κ3) is 2.34. The number of halogens is 1. The molecule has 0 fully saturated rings. The number of imidazole rings is 1. The number of fused-ring (bicyclic) bond motifs is 1. The van der Waals surface area contributed by atoms with Gasteiger partial charge < -0.3 is 10.1 Å². The second-order valence-corrected chi connectivity index (χ2v) is 5.35. The van der Waals surface area contributed by atoms with Crippen LogP contribution in [0.5, 0.6) is 5.75 Å². The molecule has 0 spiro atoms. The van der Waals surface area contributed by atoms with Gasteiger partial charge in [-0.25, -0.2) is 9.37 Å². The fourth-order valence-electron chi connectivity index (χ4n) is 2.72. The molecule has 0 saturated heterocycles. The first-order valence-electron chi connectivity index (χ1n) is 7.24. The first kappa shape index (κ1) is 13.5. The summed E-state index contributed by atoms with van der Waals surface area (Å²) in [5.74, 6) is -0.0681. The lowest BCUT2D eigenvalue weighted by Gasteiger charge is -2.07. The van der Waals surface area contributed by atoms with E-state index in [9.17, 15) is 9.50 Å². The zero-order chi connectivity index (χ0) is 15.8. The zero-order valence-electron chi connectivity index (χ0n) is 12.1. The van der Waals surface area contributed by atoms with Crippen molar-refractivity contribution >= 4 is 11.0 Å². The molecule has 0 unspecified atom stereocenters. The molecule has 112 valence electrons. The summed E-state index contributed by atoms with van der Waals surface area (Å²) in [4.78, 5) is 7.06. The van der Waals surface area contributed by atoms with Gasteiger partial charge in [-0.1, -0.05) is 42.5 Å². The number of para-hydroxylation sites is 1. The number of nitrogens with zero attached hydrogens (tertiary/aromatic N) is 1. The predicted molar refractivity (Wildman–Crippen MR) is 88.6 cm³/mol. The van der Waals surface area contributed by atoms with Crippen LogP contribution < -0.4 is 0 Å². The zero-order valence-corrected chi connectivity index (χ0v) is 12.1. The smallest absolute Gasteiger partial charge is 0.133 e. The summed E-state index contributed by atoms with van der Waals surface area (Å²) in [7, 11) is 0. The van der Waals surface area contributed by atoms with E-state index in [4.69, 9.17) is 0 Å². The Morgan fingerprint density at radius 2 is 1.57 bits per heavy atom. The van der Waals surface area contributed by atoms with Gasteiger partial charge in [0.1, 0.15) is 11.6 Å². The third-order valence-corrected chi connectivity index (χ3v) is 3.92. The lowest BCUT2D eigenvalue weighted by molar-refractivity contribution is 0.477. The van der Waals surface area contributed by atoms with Crippen LogP contribution in [0, 0.1) is 5.82 Å². The Balaban J connectivity index is 1.78. The standard InChI is InChI=1S/C19H13FN2O/c20-16-10-18-17(21-11-22-18)9-15(16)13-7-5-12(6-8-13)14-3-1-2-4-19(14)23/h1-11,23H,(H,21,22). The summed E-state index contributed by atoms with van der Waals surface area (Å²) < 4.78 is 14.3. The molecule has 3 nitrogen and oxygen atoms in total. The van der Waals surface area contributed by atoms with Crippen LogP contribution in [0.25, 0.3) is 33.3 Å². The van der Waals surface area contributed by atoms with Crippen LogP contribution in [-0.2, 0) is 0 Å². The van der Waals surface area contributed by atoms with Crippen molar-refractivity contribution in [3.63, 3.8) is 0 Å². The summed E-state index contributed by atoms with van der Waals surface area (Å²) in [6, 6.07) is 17.8. The van der Waals surface area contributed by atoms with E-state index in [1.165, 1.54) is 6.07 Å². The maximum absolute atomic E-state index is 14.3. The molecule has 0 aliphatic rings. The van der Waals surface area contributed by atoms with Crippen molar-refractivity contribution in [3.05, 3.63) is 72.8 Å². The third-order valence-electron chi connectivity index (χ3n) is 3.92. The topological polar surface area (TPSA) is 48.9 Å². The maximum Gasteiger partial charge on any atom is 0.133 e. The van der Waals surface area contributed by atoms with Crippen molar-refractivity contribution in [1.82, 2.24) is 9.97 Å². The summed E-state index contributed by atoms with van der Waals surface area (Å²) in [6.45, 7) is 0. The van der Waals surface area contributed by atoms with E-state index in [0.29, 0.717) is 11.1 Å². The molecule has 4 heteroatoms. The Bertz CT molecular complexity index is 990. The highest BCUT2D eigenvalue weighted by molar-refractivity contribution is 5.82. The molecule has 4 aromatic rings. The number of nitrogens with one attached hydrogen (secondary N) is 1. The lowest BCUT2D eigenvalue weighted by atomic mass is 9.99. The number of benzene rings is 3. The highest BCUT2D eigenvalue weighted by atomic mass is 19.1.